The Morgan fingerprint density at radius 2 is 2.00 bits per heavy atom. The van der Waals surface area contributed by atoms with Crippen molar-refractivity contribution in [2.75, 3.05) is 6.26 Å². The van der Waals surface area contributed by atoms with E-state index in [2.05, 4.69) is 12.6 Å². The number of hydrogen-bond donors (Lipinski definition) is 0. The third-order valence-corrected chi connectivity index (χ3v) is 3.63. The van der Waals surface area contributed by atoms with Crippen LogP contribution in [0.15, 0.2) is 60.0 Å². The third kappa shape index (κ3) is 3.86. The molecular weight excluding hydrogens is 286 g/mol. The van der Waals surface area contributed by atoms with Gasteiger partial charge in [0.2, 0.25) is 0 Å². The van der Waals surface area contributed by atoms with Gasteiger partial charge in [0.05, 0.1) is 4.92 Å². The molecule has 0 fully saturated rings. The van der Waals surface area contributed by atoms with Crippen molar-refractivity contribution in [3.8, 4) is 11.5 Å². The van der Waals surface area contributed by atoms with Gasteiger partial charge in [-0.25, -0.2) is 0 Å². The average Bonchev–Trinajstić information content (AvgIpc) is 2.49. The van der Waals surface area contributed by atoms with Gasteiger partial charge in [0.15, 0.2) is 0 Å². The second kappa shape index (κ2) is 6.95. The molecule has 0 saturated carbocycles. The molecule has 0 amide bonds. The number of nitro groups is 1. The summed E-state index contributed by atoms with van der Waals surface area (Å²) in [6.07, 6.45) is 4.54. The molecule has 0 spiro atoms. The van der Waals surface area contributed by atoms with Crippen molar-refractivity contribution in [3.05, 3.63) is 70.8 Å². The van der Waals surface area contributed by atoms with Crippen LogP contribution >= 0.6 is 11.8 Å². The van der Waals surface area contributed by atoms with Crippen molar-refractivity contribution in [1.82, 2.24) is 0 Å². The van der Waals surface area contributed by atoms with Crippen molar-refractivity contribution in [2.45, 2.75) is 11.3 Å². The quantitative estimate of drug-likeness (QED) is 0.331. The zero-order valence-electron chi connectivity index (χ0n) is 11.6. The first-order chi connectivity index (χ1) is 10.1. The van der Waals surface area contributed by atoms with E-state index in [0.29, 0.717) is 12.2 Å². The van der Waals surface area contributed by atoms with Gasteiger partial charge in [-0.05, 0) is 48.6 Å². The van der Waals surface area contributed by atoms with Crippen LogP contribution in [0.1, 0.15) is 5.56 Å². The third-order valence-electron chi connectivity index (χ3n) is 2.91. The first-order valence-corrected chi connectivity index (χ1v) is 7.56. The van der Waals surface area contributed by atoms with E-state index in [9.17, 15) is 10.1 Å². The maximum Gasteiger partial charge on any atom is 0.269 e. The van der Waals surface area contributed by atoms with E-state index in [4.69, 9.17) is 4.74 Å². The molecule has 0 aliphatic rings. The van der Waals surface area contributed by atoms with Gasteiger partial charge in [0.25, 0.3) is 5.69 Å². The number of nitrogens with zero attached hydrogens (tertiary/aromatic N) is 1. The van der Waals surface area contributed by atoms with E-state index in [1.54, 1.807) is 23.9 Å². The van der Waals surface area contributed by atoms with Crippen molar-refractivity contribution in [2.24, 2.45) is 0 Å². The Morgan fingerprint density at radius 3 is 2.57 bits per heavy atom. The Morgan fingerprint density at radius 1 is 1.29 bits per heavy atom. The van der Waals surface area contributed by atoms with Crippen molar-refractivity contribution < 1.29 is 9.66 Å². The van der Waals surface area contributed by atoms with Gasteiger partial charge < -0.3 is 4.74 Å². The van der Waals surface area contributed by atoms with Gasteiger partial charge in [0, 0.05) is 17.0 Å². The standard InChI is InChI=1S/C16H15NO3S/c1-3-4-12-11-15(21-2)9-10-16(12)20-14-7-5-13(6-8-14)17(18)19/h3,5-11H,1,4H2,2H3. The highest BCUT2D eigenvalue weighted by Crippen LogP contribution is 2.30. The fourth-order valence-corrected chi connectivity index (χ4v) is 2.32. The molecule has 0 heterocycles. The molecule has 0 N–H and O–H groups in total. The molecule has 4 nitrogen and oxygen atoms in total. The molecular formula is C16H15NO3S. The maximum atomic E-state index is 10.6. The molecule has 0 unspecified atom stereocenters. The Hall–Kier alpha value is -2.27. The lowest BCUT2D eigenvalue weighted by Gasteiger charge is -2.11. The first kappa shape index (κ1) is 15.1. The largest absolute Gasteiger partial charge is 0.457 e. The molecule has 2 rings (SSSR count). The molecule has 2 aromatic carbocycles. The highest BCUT2D eigenvalue weighted by molar-refractivity contribution is 7.98. The predicted octanol–water partition coefficient (Wildman–Crippen LogP) is 4.84. The summed E-state index contributed by atoms with van der Waals surface area (Å²) in [5, 5.41) is 10.6. The van der Waals surface area contributed by atoms with Crippen LogP contribution in [0.3, 0.4) is 0 Å². The normalized spacial score (nSPS) is 10.1. The van der Waals surface area contributed by atoms with Crippen molar-refractivity contribution >= 4 is 17.4 Å². The van der Waals surface area contributed by atoms with Gasteiger partial charge in [-0.1, -0.05) is 6.08 Å². The molecule has 21 heavy (non-hydrogen) atoms. The molecule has 0 saturated heterocycles. The molecule has 5 heteroatoms. The summed E-state index contributed by atoms with van der Waals surface area (Å²) >= 11 is 1.66. The number of hydrogen-bond acceptors (Lipinski definition) is 4. The Balaban J connectivity index is 2.25. The number of ether oxygens (including phenoxy) is 1. The van der Waals surface area contributed by atoms with Gasteiger partial charge in [-0.3, -0.25) is 10.1 Å². The summed E-state index contributed by atoms with van der Waals surface area (Å²) < 4.78 is 5.82. The van der Waals surface area contributed by atoms with E-state index in [-0.39, 0.29) is 5.69 Å². The summed E-state index contributed by atoms with van der Waals surface area (Å²) in [5.41, 5.74) is 1.08. The summed E-state index contributed by atoms with van der Waals surface area (Å²) in [6, 6.07) is 12.0. The highest BCUT2D eigenvalue weighted by atomic mass is 32.2. The lowest BCUT2D eigenvalue weighted by atomic mass is 10.1. The van der Waals surface area contributed by atoms with E-state index >= 15 is 0 Å². The van der Waals surface area contributed by atoms with Crippen LogP contribution < -0.4 is 4.74 Å². The van der Waals surface area contributed by atoms with E-state index in [0.717, 1.165) is 16.2 Å². The second-order valence-corrected chi connectivity index (χ2v) is 5.20. The summed E-state index contributed by atoms with van der Waals surface area (Å²) in [5.74, 6) is 1.31. The van der Waals surface area contributed by atoms with E-state index in [1.807, 2.05) is 24.5 Å². The lowest BCUT2D eigenvalue weighted by molar-refractivity contribution is -0.384. The van der Waals surface area contributed by atoms with Gasteiger partial charge in [0.1, 0.15) is 11.5 Å². The molecule has 0 radical (unpaired) electrons. The zero-order valence-corrected chi connectivity index (χ0v) is 12.4. The average molecular weight is 301 g/mol. The second-order valence-electron chi connectivity index (χ2n) is 4.32. The Bertz CT molecular complexity index is 653. The molecule has 0 atom stereocenters. The minimum atomic E-state index is -0.430. The summed E-state index contributed by atoms with van der Waals surface area (Å²) in [6.45, 7) is 3.75. The zero-order chi connectivity index (χ0) is 15.2. The number of non-ortho nitro benzene ring substituents is 1. The van der Waals surface area contributed by atoms with Gasteiger partial charge in [-0.2, -0.15) is 0 Å². The Labute approximate surface area is 127 Å². The van der Waals surface area contributed by atoms with Gasteiger partial charge in [-0.15, -0.1) is 18.3 Å². The fraction of sp³-hybridized carbons (Fsp3) is 0.125. The van der Waals surface area contributed by atoms with Crippen molar-refractivity contribution in [3.63, 3.8) is 0 Å². The van der Waals surface area contributed by atoms with E-state index in [1.165, 1.54) is 12.1 Å². The summed E-state index contributed by atoms with van der Waals surface area (Å²) in [4.78, 5) is 11.4. The monoisotopic (exact) mass is 301 g/mol. The topological polar surface area (TPSA) is 52.4 Å². The molecule has 0 bridgehead atoms. The summed E-state index contributed by atoms with van der Waals surface area (Å²) in [7, 11) is 0. The molecule has 0 aliphatic heterocycles. The number of allylic oxidation sites excluding steroid dienone is 1. The van der Waals surface area contributed by atoms with Crippen LogP contribution in [0.2, 0.25) is 0 Å². The lowest BCUT2D eigenvalue weighted by Crippen LogP contribution is -1.92. The minimum absolute atomic E-state index is 0.0476. The molecule has 108 valence electrons. The SMILES string of the molecule is C=CCc1cc(SC)ccc1Oc1ccc([N+](=O)[O-])cc1. The van der Waals surface area contributed by atoms with Crippen LogP contribution in [0.4, 0.5) is 5.69 Å². The molecule has 0 aromatic heterocycles. The minimum Gasteiger partial charge on any atom is -0.457 e. The smallest absolute Gasteiger partial charge is 0.269 e. The first-order valence-electron chi connectivity index (χ1n) is 6.34. The van der Waals surface area contributed by atoms with E-state index < -0.39 is 4.92 Å². The number of thioether (sulfide) groups is 1. The number of nitro benzene ring substituents is 1. The van der Waals surface area contributed by atoms with Crippen molar-refractivity contribution in [1.29, 1.82) is 0 Å². The van der Waals surface area contributed by atoms with Gasteiger partial charge >= 0.3 is 0 Å². The van der Waals surface area contributed by atoms with Crippen LogP contribution in [-0.2, 0) is 6.42 Å². The number of benzene rings is 2. The van der Waals surface area contributed by atoms with Crippen LogP contribution in [0.5, 0.6) is 11.5 Å². The van der Waals surface area contributed by atoms with Crippen LogP contribution in [0.25, 0.3) is 0 Å². The molecule has 0 aliphatic carbocycles. The fourth-order valence-electron chi connectivity index (χ4n) is 1.86. The van der Waals surface area contributed by atoms with Crippen LogP contribution in [0, 0.1) is 10.1 Å². The maximum absolute atomic E-state index is 10.6. The molecule has 2 aromatic rings. The Kier molecular flexibility index (Phi) is 5.00. The predicted molar refractivity (Wildman–Crippen MR) is 85.3 cm³/mol. The number of rotatable bonds is 6. The van der Waals surface area contributed by atoms with Crippen LogP contribution in [-0.4, -0.2) is 11.2 Å². The highest BCUT2D eigenvalue weighted by Gasteiger charge is 2.08.